The molecule has 0 aliphatic heterocycles. The zero-order valence-corrected chi connectivity index (χ0v) is 5.66. The van der Waals surface area contributed by atoms with Gasteiger partial charge in [0.1, 0.15) is 6.73 Å². The highest BCUT2D eigenvalue weighted by Crippen LogP contribution is 1.93. The van der Waals surface area contributed by atoms with Gasteiger partial charge in [0, 0.05) is 19.0 Å². The van der Waals surface area contributed by atoms with Gasteiger partial charge in [-0.05, 0) is 13.0 Å². The van der Waals surface area contributed by atoms with Gasteiger partial charge in [0.15, 0.2) is 0 Å². The van der Waals surface area contributed by atoms with E-state index in [1.54, 1.807) is 18.0 Å². The van der Waals surface area contributed by atoms with Gasteiger partial charge >= 0.3 is 0 Å². The van der Waals surface area contributed by atoms with Crippen LogP contribution in [-0.4, -0.2) is 16.9 Å². The molecule has 0 radical (unpaired) electrons. The number of aromatic nitrogens is 2. The minimum absolute atomic E-state index is 0.541. The predicted molar refractivity (Wildman–Crippen MR) is 34.0 cm³/mol. The van der Waals surface area contributed by atoms with Gasteiger partial charge in [-0.25, -0.2) is 4.68 Å². The molecule has 0 aromatic carbocycles. The van der Waals surface area contributed by atoms with Crippen LogP contribution in [0.4, 0.5) is 0 Å². The number of aryl methyl sites for hydroxylation is 1. The van der Waals surface area contributed by atoms with E-state index in [1.165, 1.54) is 0 Å². The monoisotopic (exact) mass is 126 g/mol. The Balaban J connectivity index is 2.69. The zero-order valence-electron chi connectivity index (χ0n) is 5.66. The molecule has 0 N–H and O–H groups in total. The third-order valence-electron chi connectivity index (χ3n) is 1.18. The fourth-order valence-electron chi connectivity index (χ4n) is 0.656. The van der Waals surface area contributed by atoms with Crippen LogP contribution in [0, 0.1) is 6.92 Å². The van der Waals surface area contributed by atoms with Gasteiger partial charge in [0.25, 0.3) is 0 Å². The maximum Gasteiger partial charge on any atom is 0.139 e. The molecule has 1 heterocycles. The predicted octanol–water partition coefficient (Wildman–Crippen LogP) is 0.795. The van der Waals surface area contributed by atoms with E-state index in [2.05, 4.69) is 5.10 Å². The molecule has 0 atom stereocenters. The summed E-state index contributed by atoms with van der Waals surface area (Å²) in [5.74, 6) is 0. The normalized spacial score (nSPS) is 10.0. The molecular weight excluding hydrogens is 116 g/mol. The van der Waals surface area contributed by atoms with Gasteiger partial charge in [0.2, 0.25) is 0 Å². The van der Waals surface area contributed by atoms with E-state index in [0.717, 1.165) is 5.69 Å². The number of hydrogen-bond acceptors (Lipinski definition) is 2. The van der Waals surface area contributed by atoms with E-state index in [1.807, 2.05) is 13.0 Å². The summed E-state index contributed by atoms with van der Waals surface area (Å²) in [7, 11) is 1.65. The topological polar surface area (TPSA) is 27.1 Å². The quantitative estimate of drug-likeness (QED) is 0.586. The second-order valence-corrected chi connectivity index (χ2v) is 1.89. The van der Waals surface area contributed by atoms with Crippen molar-refractivity contribution in [1.29, 1.82) is 0 Å². The van der Waals surface area contributed by atoms with Crippen LogP contribution < -0.4 is 0 Å². The van der Waals surface area contributed by atoms with E-state index in [9.17, 15) is 0 Å². The van der Waals surface area contributed by atoms with Crippen LogP contribution >= 0.6 is 0 Å². The average molecular weight is 126 g/mol. The first kappa shape index (κ1) is 6.29. The smallest absolute Gasteiger partial charge is 0.139 e. The van der Waals surface area contributed by atoms with E-state index in [0.29, 0.717) is 6.73 Å². The van der Waals surface area contributed by atoms with Gasteiger partial charge in [-0.15, -0.1) is 0 Å². The lowest BCUT2D eigenvalue weighted by atomic mass is 10.5. The maximum atomic E-state index is 4.87. The second-order valence-electron chi connectivity index (χ2n) is 1.89. The van der Waals surface area contributed by atoms with Crippen LogP contribution in [0.5, 0.6) is 0 Å². The molecule has 0 unspecified atom stereocenters. The molecule has 1 aromatic heterocycles. The van der Waals surface area contributed by atoms with Crippen molar-refractivity contribution in [2.75, 3.05) is 7.11 Å². The number of rotatable bonds is 2. The summed E-state index contributed by atoms with van der Waals surface area (Å²) < 4.78 is 6.66. The number of methoxy groups -OCH3 is 1. The summed E-state index contributed by atoms with van der Waals surface area (Å²) in [6, 6.07) is 1.94. The van der Waals surface area contributed by atoms with Crippen LogP contribution in [0.1, 0.15) is 5.69 Å². The highest BCUT2D eigenvalue weighted by Gasteiger charge is 1.91. The Morgan fingerprint density at radius 2 is 2.56 bits per heavy atom. The van der Waals surface area contributed by atoms with E-state index < -0.39 is 0 Å². The number of ether oxygens (including phenoxy) is 1. The lowest BCUT2D eigenvalue weighted by Crippen LogP contribution is -2.02. The van der Waals surface area contributed by atoms with Crippen molar-refractivity contribution in [3.63, 3.8) is 0 Å². The van der Waals surface area contributed by atoms with Gasteiger partial charge in [-0.1, -0.05) is 0 Å². The highest BCUT2D eigenvalue weighted by atomic mass is 16.5. The molecule has 3 heteroatoms. The molecule has 50 valence electrons. The van der Waals surface area contributed by atoms with Crippen LogP contribution in [0.2, 0.25) is 0 Å². The van der Waals surface area contributed by atoms with E-state index >= 15 is 0 Å². The standard InChI is InChI=1S/C6H10N2O/c1-6-3-4-7-8(6)5-9-2/h3-4H,5H2,1-2H3. The molecule has 0 bridgehead atoms. The average Bonchev–Trinajstić information content (AvgIpc) is 2.18. The van der Waals surface area contributed by atoms with E-state index in [-0.39, 0.29) is 0 Å². The summed E-state index contributed by atoms with van der Waals surface area (Å²) in [4.78, 5) is 0. The van der Waals surface area contributed by atoms with Crippen LogP contribution in [-0.2, 0) is 11.5 Å². The fourth-order valence-corrected chi connectivity index (χ4v) is 0.656. The third-order valence-corrected chi connectivity index (χ3v) is 1.18. The van der Waals surface area contributed by atoms with Crippen molar-refractivity contribution >= 4 is 0 Å². The summed E-state index contributed by atoms with van der Waals surface area (Å²) in [6.45, 7) is 2.53. The summed E-state index contributed by atoms with van der Waals surface area (Å²) in [5.41, 5.74) is 1.12. The highest BCUT2D eigenvalue weighted by molar-refractivity contribution is 4.95. The third kappa shape index (κ3) is 1.29. The van der Waals surface area contributed by atoms with Crippen molar-refractivity contribution in [3.8, 4) is 0 Å². The van der Waals surface area contributed by atoms with Crippen molar-refractivity contribution in [1.82, 2.24) is 9.78 Å². The molecule has 9 heavy (non-hydrogen) atoms. The first-order valence-electron chi connectivity index (χ1n) is 2.82. The SMILES string of the molecule is COCn1nccc1C. The van der Waals surface area contributed by atoms with Gasteiger partial charge in [-0.3, -0.25) is 0 Å². The summed E-state index contributed by atoms with van der Waals surface area (Å²) >= 11 is 0. The largest absolute Gasteiger partial charge is 0.362 e. The van der Waals surface area contributed by atoms with Crippen molar-refractivity contribution in [2.45, 2.75) is 13.7 Å². The van der Waals surface area contributed by atoms with Crippen molar-refractivity contribution in [3.05, 3.63) is 18.0 Å². The molecular formula is C6H10N2O. The minimum Gasteiger partial charge on any atom is -0.362 e. The first-order valence-corrected chi connectivity index (χ1v) is 2.82. The van der Waals surface area contributed by atoms with E-state index in [4.69, 9.17) is 4.74 Å². The molecule has 0 aliphatic rings. The Bertz CT molecular complexity index is 183. The Labute approximate surface area is 54.2 Å². The lowest BCUT2D eigenvalue weighted by molar-refractivity contribution is 0.119. The molecule has 0 spiro atoms. The Morgan fingerprint density at radius 1 is 1.78 bits per heavy atom. The number of hydrogen-bond donors (Lipinski definition) is 0. The Hall–Kier alpha value is -0.830. The Kier molecular flexibility index (Phi) is 1.85. The summed E-state index contributed by atoms with van der Waals surface area (Å²) in [6.07, 6.45) is 1.76. The summed E-state index contributed by atoms with van der Waals surface area (Å²) in [5, 5.41) is 4.00. The fraction of sp³-hybridized carbons (Fsp3) is 0.500. The molecule has 0 aliphatic carbocycles. The molecule has 3 nitrogen and oxygen atoms in total. The van der Waals surface area contributed by atoms with Crippen LogP contribution in [0.15, 0.2) is 12.3 Å². The minimum atomic E-state index is 0.541. The molecule has 0 fully saturated rings. The van der Waals surface area contributed by atoms with Crippen molar-refractivity contribution in [2.24, 2.45) is 0 Å². The molecule has 0 saturated carbocycles. The lowest BCUT2D eigenvalue weighted by Gasteiger charge is -1.99. The molecule has 0 amide bonds. The van der Waals surface area contributed by atoms with Gasteiger partial charge < -0.3 is 4.74 Å². The van der Waals surface area contributed by atoms with Crippen LogP contribution in [0.25, 0.3) is 0 Å². The first-order chi connectivity index (χ1) is 4.34. The van der Waals surface area contributed by atoms with Gasteiger partial charge in [-0.2, -0.15) is 5.10 Å². The molecule has 0 saturated heterocycles. The zero-order chi connectivity index (χ0) is 6.69. The van der Waals surface area contributed by atoms with Gasteiger partial charge in [0.05, 0.1) is 0 Å². The second kappa shape index (κ2) is 2.64. The number of nitrogens with zero attached hydrogens (tertiary/aromatic N) is 2. The van der Waals surface area contributed by atoms with Crippen molar-refractivity contribution < 1.29 is 4.74 Å². The maximum absolute atomic E-state index is 4.87. The molecule has 1 rings (SSSR count). The Morgan fingerprint density at radius 3 is 3.00 bits per heavy atom. The van der Waals surface area contributed by atoms with Crippen LogP contribution in [0.3, 0.4) is 0 Å². The molecule has 1 aromatic rings.